The van der Waals surface area contributed by atoms with E-state index in [0.29, 0.717) is 36.7 Å². The fourth-order valence-electron chi connectivity index (χ4n) is 3.26. The van der Waals surface area contributed by atoms with Crippen molar-refractivity contribution in [3.05, 3.63) is 84.3 Å². The number of nitrogens with zero attached hydrogens (tertiary/aromatic N) is 4. The fourth-order valence-corrected chi connectivity index (χ4v) is 3.55. The van der Waals surface area contributed by atoms with Crippen molar-refractivity contribution in [2.24, 2.45) is 0 Å². The van der Waals surface area contributed by atoms with Crippen molar-refractivity contribution in [2.75, 3.05) is 25.6 Å². The molecule has 0 saturated carbocycles. The number of ether oxygens (including phenoxy) is 5. The lowest BCUT2D eigenvalue weighted by Gasteiger charge is -2.21. The zero-order valence-corrected chi connectivity index (χ0v) is 22.3. The van der Waals surface area contributed by atoms with Crippen LogP contribution in [0.3, 0.4) is 0 Å². The second-order valence-corrected chi connectivity index (χ2v) is 8.52. The average Bonchev–Trinajstić information content (AvgIpc) is 3.38. The van der Waals surface area contributed by atoms with Crippen LogP contribution in [0.1, 0.15) is 24.0 Å². The summed E-state index contributed by atoms with van der Waals surface area (Å²) in [5, 5.41) is 2.91. The highest BCUT2D eigenvalue weighted by Crippen LogP contribution is 2.20. The summed E-state index contributed by atoms with van der Waals surface area (Å²) >= 11 is 10.5. The van der Waals surface area contributed by atoms with Crippen LogP contribution in [-0.2, 0) is 36.9 Å². The Kier molecular flexibility index (Phi) is 10.1. The van der Waals surface area contributed by atoms with Gasteiger partial charge in [-0.3, -0.25) is 4.57 Å². The van der Waals surface area contributed by atoms with E-state index in [1.54, 1.807) is 24.1 Å². The van der Waals surface area contributed by atoms with E-state index in [2.05, 4.69) is 20.3 Å². The van der Waals surface area contributed by atoms with Crippen molar-refractivity contribution in [2.45, 2.75) is 26.0 Å². The molecule has 198 valence electrons. The van der Waals surface area contributed by atoms with E-state index in [1.807, 2.05) is 60.7 Å². The van der Waals surface area contributed by atoms with Gasteiger partial charge in [0.15, 0.2) is 5.65 Å². The van der Waals surface area contributed by atoms with Gasteiger partial charge in [0.05, 0.1) is 19.4 Å². The molecular weight excluding hydrogens is 526 g/mol. The van der Waals surface area contributed by atoms with E-state index < -0.39 is 6.41 Å². The van der Waals surface area contributed by atoms with Crippen LogP contribution < -0.4 is 5.32 Å². The van der Waals surface area contributed by atoms with Crippen LogP contribution >= 0.6 is 24.4 Å². The smallest absolute Gasteiger partial charge is 0.356 e. The number of imidazole rings is 1. The van der Waals surface area contributed by atoms with Crippen molar-refractivity contribution in [3.63, 3.8) is 0 Å². The Balaban J connectivity index is 1.32. The van der Waals surface area contributed by atoms with Crippen molar-refractivity contribution in [3.8, 4) is 0 Å². The van der Waals surface area contributed by atoms with Gasteiger partial charge in [-0.15, -0.1) is 0 Å². The van der Waals surface area contributed by atoms with E-state index >= 15 is 0 Å². The summed E-state index contributed by atoms with van der Waals surface area (Å²) in [6.07, 6.45) is 2.68. The Morgan fingerprint density at radius 2 is 1.53 bits per heavy atom. The molecule has 0 radical (unpaired) electrons. The Labute approximate surface area is 230 Å². The predicted octanol–water partition coefficient (Wildman–Crippen LogP) is 4.77. The topological polar surface area (TPSA) is 102 Å². The maximum atomic E-state index is 5.99. The number of hydrogen-bond donors (Lipinski definition) is 1. The molecule has 0 fully saturated rings. The minimum absolute atomic E-state index is 0.0738. The summed E-state index contributed by atoms with van der Waals surface area (Å²) in [7, 11) is 1.73. The molecule has 4 aromatic rings. The normalized spacial score (nSPS) is 11.5. The third-order valence-corrected chi connectivity index (χ3v) is 5.58. The molecule has 10 nitrogen and oxygen atoms in total. The number of benzene rings is 2. The zero-order valence-electron chi connectivity index (χ0n) is 20.7. The number of aromatic nitrogens is 4. The molecule has 2 aromatic heterocycles. The predicted molar refractivity (Wildman–Crippen MR) is 149 cm³/mol. The third kappa shape index (κ3) is 8.07. The summed E-state index contributed by atoms with van der Waals surface area (Å²) in [5.74, 6) is 0.429. The standard InChI is InChI=1S/C26H27N5O5S2/c1-27-23-28-15-21-22(30-23)31(18-29-21)24(36-26(38)35-17-20-11-6-3-7-12-20)32-13-8-14-33-25(37)34-16-19-9-4-2-5-10-19/h2-7,9-12,15,18,24H,8,13-14,16-17H2,1H3,(H,27,28,30). The molecule has 2 aromatic carbocycles. The van der Waals surface area contributed by atoms with Crippen LogP contribution in [0.5, 0.6) is 0 Å². The number of nitrogens with one attached hydrogen (secondary N) is 1. The SMILES string of the molecule is CNc1ncc2ncn(C(OCCCOC(=S)OCc3ccccc3)OC(=S)OCc3ccccc3)c2n1. The van der Waals surface area contributed by atoms with Gasteiger partial charge in [-0.2, -0.15) is 4.98 Å². The van der Waals surface area contributed by atoms with Gasteiger partial charge in [0, 0.05) is 37.9 Å². The maximum Gasteiger partial charge on any atom is 0.356 e. The molecule has 38 heavy (non-hydrogen) atoms. The highest BCUT2D eigenvalue weighted by molar-refractivity contribution is 7.79. The molecule has 0 bridgehead atoms. The van der Waals surface area contributed by atoms with Gasteiger partial charge in [-0.1, -0.05) is 60.7 Å². The van der Waals surface area contributed by atoms with Crippen LogP contribution in [0.4, 0.5) is 5.95 Å². The van der Waals surface area contributed by atoms with E-state index in [1.165, 1.54) is 0 Å². The van der Waals surface area contributed by atoms with Crippen molar-refractivity contribution >= 4 is 52.0 Å². The molecular formula is C26H27N5O5S2. The molecule has 0 aliphatic heterocycles. The van der Waals surface area contributed by atoms with E-state index in [-0.39, 0.29) is 23.7 Å². The maximum absolute atomic E-state index is 5.99. The molecule has 1 N–H and O–H groups in total. The lowest BCUT2D eigenvalue weighted by molar-refractivity contribution is -0.151. The molecule has 1 unspecified atom stereocenters. The second kappa shape index (κ2) is 14.2. The van der Waals surface area contributed by atoms with Crippen molar-refractivity contribution < 1.29 is 23.7 Å². The van der Waals surface area contributed by atoms with Gasteiger partial charge in [-0.25, -0.2) is 9.97 Å². The fraction of sp³-hybridized carbons (Fsp3) is 0.269. The molecule has 0 aliphatic rings. The Morgan fingerprint density at radius 3 is 2.18 bits per heavy atom. The van der Waals surface area contributed by atoms with Crippen LogP contribution in [-0.4, -0.2) is 50.3 Å². The quantitative estimate of drug-likeness (QED) is 0.149. The summed E-state index contributed by atoms with van der Waals surface area (Å²) in [6, 6.07) is 19.4. The Hall–Kier alpha value is -3.87. The van der Waals surface area contributed by atoms with Gasteiger partial charge in [0.25, 0.3) is 6.41 Å². The lowest BCUT2D eigenvalue weighted by Crippen LogP contribution is -2.22. The Morgan fingerprint density at radius 1 is 0.868 bits per heavy atom. The van der Waals surface area contributed by atoms with Gasteiger partial charge in [0.2, 0.25) is 5.95 Å². The molecule has 2 heterocycles. The van der Waals surface area contributed by atoms with Crippen LogP contribution in [0, 0.1) is 0 Å². The first-order valence-corrected chi connectivity index (χ1v) is 12.6. The highest BCUT2D eigenvalue weighted by atomic mass is 32.1. The summed E-state index contributed by atoms with van der Waals surface area (Å²) in [5.41, 5.74) is 3.04. The van der Waals surface area contributed by atoms with Crippen LogP contribution in [0.25, 0.3) is 11.2 Å². The first-order chi connectivity index (χ1) is 18.6. The van der Waals surface area contributed by atoms with Gasteiger partial charge < -0.3 is 29.0 Å². The summed E-state index contributed by atoms with van der Waals surface area (Å²) < 4.78 is 30.1. The minimum Gasteiger partial charge on any atom is -0.457 e. The molecule has 0 spiro atoms. The summed E-state index contributed by atoms with van der Waals surface area (Å²) in [6.45, 7) is 1.16. The number of hydrogen-bond acceptors (Lipinski definition) is 11. The monoisotopic (exact) mass is 553 g/mol. The van der Waals surface area contributed by atoms with Gasteiger partial charge in [0.1, 0.15) is 25.1 Å². The highest BCUT2D eigenvalue weighted by Gasteiger charge is 2.20. The zero-order chi connectivity index (χ0) is 26.6. The van der Waals surface area contributed by atoms with Gasteiger partial charge >= 0.3 is 10.5 Å². The molecule has 4 rings (SSSR count). The van der Waals surface area contributed by atoms with E-state index in [9.17, 15) is 0 Å². The van der Waals surface area contributed by atoms with Crippen LogP contribution in [0.2, 0.25) is 0 Å². The molecule has 12 heteroatoms. The number of fused-ring (bicyclic) bond motifs is 1. The van der Waals surface area contributed by atoms with E-state index in [4.69, 9.17) is 48.1 Å². The Bertz CT molecular complexity index is 1320. The minimum atomic E-state index is -0.982. The largest absolute Gasteiger partial charge is 0.457 e. The first-order valence-electron chi connectivity index (χ1n) is 11.8. The number of thiocarbonyl (C=S) groups is 2. The van der Waals surface area contributed by atoms with Crippen molar-refractivity contribution in [1.29, 1.82) is 0 Å². The van der Waals surface area contributed by atoms with E-state index in [0.717, 1.165) is 11.1 Å². The van der Waals surface area contributed by atoms with Crippen LogP contribution in [0.15, 0.2) is 73.2 Å². The molecule has 0 saturated heterocycles. The van der Waals surface area contributed by atoms with Gasteiger partial charge in [-0.05, 0) is 11.1 Å². The first kappa shape index (κ1) is 27.2. The second-order valence-electron chi connectivity index (χ2n) is 7.85. The lowest BCUT2D eigenvalue weighted by atomic mass is 10.2. The third-order valence-electron chi connectivity index (χ3n) is 5.13. The average molecular weight is 554 g/mol. The molecule has 0 amide bonds. The molecule has 0 aliphatic carbocycles. The number of anilines is 1. The summed E-state index contributed by atoms with van der Waals surface area (Å²) in [4.78, 5) is 13.0. The number of rotatable bonds is 12. The van der Waals surface area contributed by atoms with Crippen molar-refractivity contribution in [1.82, 2.24) is 19.5 Å². The molecule has 1 atom stereocenters.